The minimum Gasteiger partial charge on any atom is -0.490 e. The number of amides is 1. The Labute approximate surface area is 213 Å². The van der Waals surface area contributed by atoms with E-state index in [1.807, 2.05) is 67.3 Å². The molecule has 2 unspecified atom stereocenters. The zero-order valence-corrected chi connectivity index (χ0v) is 21.3. The second kappa shape index (κ2) is 9.91. The van der Waals surface area contributed by atoms with E-state index in [4.69, 9.17) is 13.9 Å². The Morgan fingerprint density at radius 1 is 0.944 bits per heavy atom. The molecule has 0 radical (unpaired) electrons. The molecule has 3 aromatic rings. The van der Waals surface area contributed by atoms with Gasteiger partial charge in [-0.1, -0.05) is 36.8 Å². The van der Waals surface area contributed by atoms with Gasteiger partial charge in [0, 0.05) is 49.2 Å². The van der Waals surface area contributed by atoms with Gasteiger partial charge in [0.1, 0.15) is 17.4 Å². The molecule has 0 N–H and O–H groups in total. The fourth-order valence-corrected chi connectivity index (χ4v) is 5.98. The number of likely N-dealkylation sites (tertiary alicyclic amines) is 1. The van der Waals surface area contributed by atoms with E-state index in [2.05, 4.69) is 4.90 Å². The summed E-state index contributed by atoms with van der Waals surface area (Å²) in [4.78, 5) is 18.2. The molecular formula is C30H36N2O4. The Hall–Kier alpha value is -2.83. The van der Waals surface area contributed by atoms with E-state index in [1.54, 1.807) is 0 Å². The highest BCUT2D eigenvalue weighted by Gasteiger charge is 2.32. The van der Waals surface area contributed by atoms with Crippen molar-refractivity contribution in [3.8, 4) is 16.9 Å². The Bertz CT molecular complexity index is 1200. The number of morpholine rings is 1. The maximum atomic E-state index is 13.7. The quantitative estimate of drug-likeness (QED) is 0.458. The first-order valence-corrected chi connectivity index (χ1v) is 13.5. The molecular weight excluding hydrogens is 452 g/mol. The van der Waals surface area contributed by atoms with Crippen LogP contribution in [0.15, 0.2) is 52.9 Å². The predicted molar refractivity (Wildman–Crippen MR) is 140 cm³/mol. The molecule has 3 heterocycles. The van der Waals surface area contributed by atoms with Crippen LogP contribution in [0.3, 0.4) is 0 Å². The summed E-state index contributed by atoms with van der Waals surface area (Å²) in [5.74, 6) is 1.12. The van der Waals surface area contributed by atoms with Crippen LogP contribution in [0.5, 0.6) is 5.75 Å². The zero-order valence-electron chi connectivity index (χ0n) is 21.3. The highest BCUT2D eigenvalue weighted by Crippen LogP contribution is 2.38. The third-order valence-corrected chi connectivity index (χ3v) is 8.00. The lowest BCUT2D eigenvalue weighted by atomic mass is 9.90. The fourth-order valence-electron chi connectivity index (χ4n) is 5.98. The number of hydrogen-bond donors (Lipinski definition) is 0. The number of carbonyl (C=O) groups excluding carboxylic acids is 1. The van der Waals surface area contributed by atoms with Crippen LogP contribution in [0.4, 0.5) is 0 Å². The van der Waals surface area contributed by atoms with Crippen molar-refractivity contribution in [2.45, 2.75) is 70.3 Å². The van der Waals surface area contributed by atoms with Gasteiger partial charge in [-0.05, 0) is 57.2 Å². The maximum Gasteiger partial charge on any atom is 0.290 e. The average molecular weight is 489 g/mol. The Kier molecular flexibility index (Phi) is 6.48. The van der Waals surface area contributed by atoms with E-state index in [0.29, 0.717) is 24.4 Å². The van der Waals surface area contributed by atoms with Crippen LogP contribution in [0.1, 0.15) is 56.5 Å². The molecule has 2 aromatic carbocycles. The minimum absolute atomic E-state index is 0.00188. The Morgan fingerprint density at radius 3 is 2.33 bits per heavy atom. The smallest absolute Gasteiger partial charge is 0.290 e. The van der Waals surface area contributed by atoms with E-state index >= 15 is 0 Å². The largest absolute Gasteiger partial charge is 0.490 e. The highest BCUT2D eigenvalue weighted by atomic mass is 16.5. The molecule has 1 aromatic heterocycles. The van der Waals surface area contributed by atoms with Crippen molar-refractivity contribution in [2.24, 2.45) is 0 Å². The molecule has 6 nitrogen and oxygen atoms in total. The first-order valence-electron chi connectivity index (χ1n) is 13.5. The average Bonchev–Trinajstić information content (AvgIpc) is 3.22. The molecule has 3 aliphatic rings. The van der Waals surface area contributed by atoms with Crippen LogP contribution in [-0.2, 0) is 4.74 Å². The lowest BCUT2D eigenvalue weighted by molar-refractivity contribution is -0.0591. The van der Waals surface area contributed by atoms with E-state index in [-0.39, 0.29) is 24.2 Å². The fraction of sp³-hybridized carbons (Fsp3) is 0.500. The number of benzene rings is 2. The summed E-state index contributed by atoms with van der Waals surface area (Å²) in [6.07, 6.45) is 6.42. The van der Waals surface area contributed by atoms with Crippen molar-refractivity contribution in [1.82, 2.24) is 9.80 Å². The van der Waals surface area contributed by atoms with Crippen molar-refractivity contribution in [3.63, 3.8) is 0 Å². The molecule has 1 amide bonds. The first kappa shape index (κ1) is 23.6. The van der Waals surface area contributed by atoms with Crippen LogP contribution in [0.25, 0.3) is 22.1 Å². The molecule has 190 valence electrons. The van der Waals surface area contributed by atoms with Gasteiger partial charge in [-0.15, -0.1) is 0 Å². The number of hydrogen-bond acceptors (Lipinski definition) is 5. The first-order chi connectivity index (χ1) is 17.5. The summed E-state index contributed by atoms with van der Waals surface area (Å²) in [7, 11) is 0. The third kappa shape index (κ3) is 4.64. The SMILES string of the molecule is CC1CN(C(=O)c2oc3cc(OC4CCN(C5CCC5)CC4)ccc3c2-c2ccccc2)CC(C)O1. The van der Waals surface area contributed by atoms with Crippen molar-refractivity contribution in [1.29, 1.82) is 0 Å². The van der Waals surface area contributed by atoms with Gasteiger partial charge in [-0.3, -0.25) is 4.79 Å². The van der Waals surface area contributed by atoms with Gasteiger partial charge in [0.2, 0.25) is 5.76 Å². The lowest BCUT2D eigenvalue weighted by Gasteiger charge is -2.41. The predicted octanol–water partition coefficient (Wildman–Crippen LogP) is 5.74. The molecule has 36 heavy (non-hydrogen) atoms. The summed E-state index contributed by atoms with van der Waals surface area (Å²) in [6, 6.07) is 16.9. The Morgan fingerprint density at radius 2 is 1.67 bits per heavy atom. The molecule has 2 atom stereocenters. The van der Waals surface area contributed by atoms with E-state index in [1.165, 1.54) is 19.3 Å². The topological polar surface area (TPSA) is 55.2 Å². The molecule has 1 aliphatic carbocycles. The second-order valence-electron chi connectivity index (χ2n) is 10.7. The van der Waals surface area contributed by atoms with Crippen molar-refractivity contribution < 1.29 is 18.7 Å². The molecule has 0 bridgehead atoms. The maximum absolute atomic E-state index is 13.7. The van der Waals surface area contributed by atoms with E-state index in [0.717, 1.165) is 54.2 Å². The van der Waals surface area contributed by atoms with Crippen LogP contribution in [0.2, 0.25) is 0 Å². The summed E-state index contributed by atoms with van der Waals surface area (Å²) < 4.78 is 18.6. The highest BCUT2D eigenvalue weighted by molar-refractivity contribution is 6.08. The van der Waals surface area contributed by atoms with Crippen LogP contribution in [-0.4, -0.2) is 66.2 Å². The van der Waals surface area contributed by atoms with E-state index in [9.17, 15) is 4.79 Å². The van der Waals surface area contributed by atoms with Gasteiger partial charge in [0.15, 0.2) is 0 Å². The Balaban J connectivity index is 1.27. The summed E-state index contributed by atoms with van der Waals surface area (Å²) >= 11 is 0. The number of carbonyl (C=O) groups is 1. The zero-order chi connectivity index (χ0) is 24.6. The van der Waals surface area contributed by atoms with Crippen LogP contribution < -0.4 is 4.74 Å². The van der Waals surface area contributed by atoms with Gasteiger partial charge in [-0.25, -0.2) is 0 Å². The van der Waals surface area contributed by atoms with Gasteiger partial charge in [-0.2, -0.15) is 0 Å². The summed E-state index contributed by atoms with van der Waals surface area (Å²) in [5, 5.41) is 0.936. The lowest BCUT2D eigenvalue weighted by Crippen LogP contribution is -2.48. The molecule has 2 saturated heterocycles. The molecule has 1 saturated carbocycles. The molecule has 6 rings (SSSR count). The number of piperidine rings is 1. The normalized spacial score (nSPS) is 24.1. The standard InChI is InChI=1S/C30H36N2O4/c1-20-18-32(19-21(2)34-20)30(33)29-28(22-7-4-3-5-8-22)26-12-11-25(17-27(26)36-29)35-24-13-15-31(16-14-24)23-9-6-10-23/h3-5,7-8,11-12,17,20-21,23-24H,6,9-10,13-16,18-19H2,1-2H3. The minimum atomic E-state index is -0.0853. The summed E-state index contributed by atoms with van der Waals surface area (Å²) in [5.41, 5.74) is 2.52. The molecule has 2 aliphatic heterocycles. The van der Waals surface area contributed by atoms with Gasteiger partial charge >= 0.3 is 0 Å². The third-order valence-electron chi connectivity index (χ3n) is 8.00. The van der Waals surface area contributed by atoms with Crippen LogP contribution in [0, 0.1) is 0 Å². The number of fused-ring (bicyclic) bond motifs is 1. The number of nitrogens with zero attached hydrogens (tertiary/aromatic N) is 2. The van der Waals surface area contributed by atoms with Crippen molar-refractivity contribution in [2.75, 3.05) is 26.2 Å². The second-order valence-corrected chi connectivity index (χ2v) is 10.7. The van der Waals surface area contributed by atoms with Gasteiger partial charge in [0.05, 0.1) is 12.2 Å². The monoisotopic (exact) mass is 488 g/mol. The van der Waals surface area contributed by atoms with Crippen LogP contribution >= 0.6 is 0 Å². The van der Waals surface area contributed by atoms with Crippen molar-refractivity contribution >= 4 is 16.9 Å². The molecule has 6 heteroatoms. The molecule has 3 fully saturated rings. The van der Waals surface area contributed by atoms with Gasteiger partial charge in [0.25, 0.3) is 5.91 Å². The number of ether oxygens (including phenoxy) is 2. The number of rotatable bonds is 5. The summed E-state index contributed by atoms with van der Waals surface area (Å²) in [6.45, 7) is 7.36. The van der Waals surface area contributed by atoms with Crippen molar-refractivity contribution in [3.05, 3.63) is 54.3 Å². The number of furan rings is 1. The van der Waals surface area contributed by atoms with Gasteiger partial charge < -0.3 is 23.7 Å². The van der Waals surface area contributed by atoms with E-state index < -0.39 is 0 Å². The molecule has 0 spiro atoms.